The summed E-state index contributed by atoms with van der Waals surface area (Å²) in [5.41, 5.74) is 2.04. The number of carbonyl (C=O) groups is 1. The molecule has 0 bridgehead atoms. The van der Waals surface area contributed by atoms with Crippen LogP contribution in [0.1, 0.15) is 70.1 Å². The number of aromatic hydroxyl groups is 2. The second-order valence-corrected chi connectivity index (χ2v) is 9.07. The average Bonchev–Trinajstić information content (AvgIpc) is 2.68. The Morgan fingerprint density at radius 3 is 1.93 bits per heavy atom. The molecule has 0 unspecified atom stereocenters. The van der Waals surface area contributed by atoms with E-state index in [1.54, 1.807) is 12.1 Å². The zero-order valence-electron chi connectivity index (χ0n) is 18.3. The number of benzene rings is 2. The second kappa shape index (κ2) is 9.34. The number of ether oxygens (including phenoxy) is 1. The van der Waals surface area contributed by atoms with E-state index in [1.807, 2.05) is 32.0 Å². The van der Waals surface area contributed by atoms with Crippen molar-refractivity contribution in [3.63, 3.8) is 0 Å². The van der Waals surface area contributed by atoms with E-state index >= 15 is 0 Å². The molecule has 2 aromatic carbocycles. The lowest BCUT2D eigenvalue weighted by molar-refractivity contribution is -0.140. The van der Waals surface area contributed by atoms with Gasteiger partial charge in [-0.05, 0) is 54.2 Å². The number of phenols is 2. The van der Waals surface area contributed by atoms with Crippen molar-refractivity contribution in [1.82, 2.24) is 0 Å². The fourth-order valence-electron chi connectivity index (χ4n) is 3.81. The number of rotatable bonds is 9. The van der Waals surface area contributed by atoms with E-state index in [2.05, 4.69) is 26.0 Å². The van der Waals surface area contributed by atoms with Crippen molar-refractivity contribution >= 4 is 5.97 Å². The Morgan fingerprint density at radius 1 is 0.897 bits per heavy atom. The SMILES string of the molecule is COC(=O)CCCC(C)(C)c1cc(O)c(C(C)(C)CCc2ccccc2)cc1O. The zero-order valence-corrected chi connectivity index (χ0v) is 18.3. The molecule has 0 radical (unpaired) electrons. The number of aryl methyl sites for hydroxylation is 1. The highest BCUT2D eigenvalue weighted by atomic mass is 16.5. The van der Waals surface area contributed by atoms with Gasteiger partial charge in [0, 0.05) is 17.5 Å². The quantitative estimate of drug-likeness (QED) is 0.424. The standard InChI is InChI=1S/C25H34O4/c1-24(2,14-9-12-23(28)29-5)19-16-22(27)20(17-21(19)26)25(3,4)15-13-18-10-7-6-8-11-18/h6-8,10-11,16-17,26-27H,9,12-15H2,1-5H3. The third kappa shape index (κ3) is 5.99. The number of methoxy groups -OCH3 is 1. The van der Waals surface area contributed by atoms with Gasteiger partial charge in [-0.25, -0.2) is 0 Å². The van der Waals surface area contributed by atoms with E-state index in [0.717, 1.165) is 18.4 Å². The molecule has 2 aromatic rings. The van der Waals surface area contributed by atoms with E-state index in [1.165, 1.54) is 12.7 Å². The van der Waals surface area contributed by atoms with Crippen LogP contribution in [-0.2, 0) is 26.8 Å². The Bertz CT molecular complexity index is 822. The van der Waals surface area contributed by atoms with Crippen molar-refractivity contribution in [2.75, 3.05) is 7.11 Å². The highest BCUT2D eigenvalue weighted by Gasteiger charge is 2.30. The molecule has 0 aliphatic rings. The van der Waals surface area contributed by atoms with E-state index < -0.39 is 0 Å². The van der Waals surface area contributed by atoms with Crippen LogP contribution in [0.2, 0.25) is 0 Å². The van der Waals surface area contributed by atoms with Gasteiger partial charge in [0.15, 0.2) is 0 Å². The van der Waals surface area contributed by atoms with Crippen LogP contribution >= 0.6 is 0 Å². The largest absolute Gasteiger partial charge is 0.508 e. The monoisotopic (exact) mass is 398 g/mol. The summed E-state index contributed by atoms with van der Waals surface area (Å²) >= 11 is 0. The normalized spacial score (nSPS) is 12.0. The minimum atomic E-state index is -0.373. The van der Waals surface area contributed by atoms with Crippen LogP contribution in [0.5, 0.6) is 11.5 Å². The molecule has 0 saturated heterocycles. The third-order valence-electron chi connectivity index (χ3n) is 5.86. The summed E-state index contributed by atoms with van der Waals surface area (Å²) in [5, 5.41) is 21.5. The molecule has 2 rings (SSSR count). The van der Waals surface area contributed by atoms with Crippen molar-refractivity contribution in [3.8, 4) is 11.5 Å². The van der Waals surface area contributed by atoms with E-state index in [9.17, 15) is 15.0 Å². The average molecular weight is 399 g/mol. The summed E-state index contributed by atoms with van der Waals surface area (Å²) in [4.78, 5) is 11.4. The molecule has 2 N–H and O–H groups in total. The van der Waals surface area contributed by atoms with Gasteiger partial charge in [0.05, 0.1) is 7.11 Å². The molecule has 0 atom stereocenters. The molecule has 0 heterocycles. The molecule has 29 heavy (non-hydrogen) atoms. The van der Waals surface area contributed by atoms with E-state index in [-0.39, 0.29) is 28.3 Å². The Hall–Kier alpha value is -2.49. The number of hydrogen-bond acceptors (Lipinski definition) is 4. The van der Waals surface area contributed by atoms with Crippen molar-refractivity contribution in [1.29, 1.82) is 0 Å². The van der Waals surface area contributed by atoms with Crippen LogP contribution in [0, 0.1) is 0 Å². The summed E-state index contributed by atoms with van der Waals surface area (Å²) in [6.45, 7) is 8.20. The maximum Gasteiger partial charge on any atom is 0.305 e. The van der Waals surface area contributed by atoms with Crippen molar-refractivity contribution < 1.29 is 19.7 Å². The first-order valence-electron chi connectivity index (χ1n) is 10.2. The molecular formula is C25H34O4. The lowest BCUT2D eigenvalue weighted by Crippen LogP contribution is -2.21. The zero-order chi connectivity index (χ0) is 21.7. The van der Waals surface area contributed by atoms with Crippen molar-refractivity contribution in [2.45, 2.75) is 70.6 Å². The lowest BCUT2D eigenvalue weighted by Gasteiger charge is -2.30. The van der Waals surface area contributed by atoms with Gasteiger partial charge in [0.2, 0.25) is 0 Å². The highest BCUT2D eigenvalue weighted by Crippen LogP contribution is 2.43. The maximum atomic E-state index is 11.4. The Kier molecular flexibility index (Phi) is 7.34. The summed E-state index contributed by atoms with van der Waals surface area (Å²) < 4.78 is 4.69. The van der Waals surface area contributed by atoms with Gasteiger partial charge in [-0.3, -0.25) is 4.79 Å². The molecule has 0 aliphatic carbocycles. The fourth-order valence-corrected chi connectivity index (χ4v) is 3.81. The van der Waals surface area contributed by atoms with E-state index in [4.69, 9.17) is 4.74 Å². The number of esters is 1. The summed E-state index contributed by atoms with van der Waals surface area (Å²) in [5.74, 6) is 0.161. The van der Waals surface area contributed by atoms with Gasteiger partial charge >= 0.3 is 5.97 Å². The molecule has 4 heteroatoms. The minimum Gasteiger partial charge on any atom is -0.508 e. The Balaban J connectivity index is 2.17. The number of carbonyl (C=O) groups excluding carboxylic acids is 1. The molecule has 0 amide bonds. The first kappa shape index (κ1) is 22.8. The predicted octanol–water partition coefficient (Wildman–Crippen LogP) is 5.63. The first-order valence-corrected chi connectivity index (χ1v) is 10.2. The molecular weight excluding hydrogens is 364 g/mol. The van der Waals surface area contributed by atoms with Crippen LogP contribution in [-0.4, -0.2) is 23.3 Å². The van der Waals surface area contributed by atoms with Gasteiger partial charge in [0.25, 0.3) is 0 Å². The van der Waals surface area contributed by atoms with Crippen LogP contribution < -0.4 is 0 Å². The minimum absolute atomic E-state index is 0.189. The van der Waals surface area contributed by atoms with Gasteiger partial charge in [0.1, 0.15) is 11.5 Å². The molecule has 0 spiro atoms. The second-order valence-electron chi connectivity index (χ2n) is 9.07. The van der Waals surface area contributed by atoms with Gasteiger partial charge < -0.3 is 14.9 Å². The Labute approximate surface area is 174 Å². The molecule has 158 valence electrons. The predicted molar refractivity (Wildman–Crippen MR) is 116 cm³/mol. The van der Waals surface area contributed by atoms with Gasteiger partial charge in [-0.2, -0.15) is 0 Å². The lowest BCUT2D eigenvalue weighted by atomic mass is 9.75. The van der Waals surface area contributed by atoms with Crippen LogP contribution in [0.15, 0.2) is 42.5 Å². The Morgan fingerprint density at radius 2 is 1.41 bits per heavy atom. The molecule has 0 aliphatic heterocycles. The smallest absolute Gasteiger partial charge is 0.305 e. The van der Waals surface area contributed by atoms with Crippen LogP contribution in [0.25, 0.3) is 0 Å². The molecule has 4 nitrogen and oxygen atoms in total. The maximum absolute atomic E-state index is 11.4. The third-order valence-corrected chi connectivity index (χ3v) is 5.86. The summed E-state index contributed by atoms with van der Waals surface area (Å²) in [6, 6.07) is 13.7. The first-order chi connectivity index (χ1) is 13.6. The molecule has 0 aromatic heterocycles. The van der Waals surface area contributed by atoms with Crippen molar-refractivity contribution in [2.24, 2.45) is 0 Å². The van der Waals surface area contributed by atoms with E-state index in [0.29, 0.717) is 24.8 Å². The van der Waals surface area contributed by atoms with Crippen LogP contribution in [0.3, 0.4) is 0 Å². The highest BCUT2D eigenvalue weighted by molar-refractivity contribution is 5.69. The fraction of sp³-hybridized carbons (Fsp3) is 0.480. The summed E-state index contributed by atoms with van der Waals surface area (Å²) in [7, 11) is 1.38. The van der Waals surface area contributed by atoms with Crippen LogP contribution in [0.4, 0.5) is 0 Å². The van der Waals surface area contributed by atoms with Gasteiger partial charge in [-0.15, -0.1) is 0 Å². The summed E-state index contributed by atoms with van der Waals surface area (Å²) in [6.07, 6.45) is 3.45. The molecule has 0 fully saturated rings. The number of hydrogen-bond donors (Lipinski definition) is 2. The topological polar surface area (TPSA) is 66.8 Å². The van der Waals surface area contributed by atoms with Gasteiger partial charge in [-0.1, -0.05) is 58.0 Å². The number of phenolic OH excluding ortho intramolecular Hbond substituents is 2. The molecule has 0 saturated carbocycles. The van der Waals surface area contributed by atoms with Crippen molar-refractivity contribution in [3.05, 3.63) is 59.2 Å².